The van der Waals surface area contributed by atoms with E-state index in [4.69, 9.17) is 42.6 Å². The monoisotopic (exact) mass is 1080 g/mol. The second-order valence-corrected chi connectivity index (χ2v) is 18.4. The third kappa shape index (κ3) is 30.5. The van der Waals surface area contributed by atoms with Crippen molar-refractivity contribution in [2.75, 3.05) is 163 Å². The Labute approximate surface area is 443 Å². The average molecular weight is 1080 g/mol. The first-order chi connectivity index (χ1) is 36.3. The summed E-state index contributed by atoms with van der Waals surface area (Å²) in [6.07, 6.45) is 2.23. The summed E-state index contributed by atoms with van der Waals surface area (Å²) < 4.78 is 48.9. The number of Topliss-reactive ketones (excluding diaryl/α,β-unsaturated/α-hetero) is 2. The molecule has 0 spiro atoms. The van der Waals surface area contributed by atoms with Crippen LogP contribution in [0.25, 0.3) is 0 Å². The number of amides is 7. The Balaban J connectivity index is 1.34. The summed E-state index contributed by atoms with van der Waals surface area (Å²) in [5.41, 5.74) is 1.31. The highest BCUT2D eigenvalue weighted by molar-refractivity contribution is 8.00. The number of anilines is 1. The van der Waals surface area contributed by atoms with Crippen LogP contribution in [0.5, 0.6) is 0 Å². The largest absolute Gasteiger partial charge is 0.379 e. The molecule has 2 saturated heterocycles. The van der Waals surface area contributed by atoms with Crippen LogP contribution in [0.3, 0.4) is 0 Å². The predicted molar refractivity (Wildman–Crippen MR) is 273 cm³/mol. The second kappa shape index (κ2) is 40.5. The first-order valence-corrected chi connectivity index (χ1v) is 26.5. The minimum atomic E-state index is -1.13. The Hall–Kier alpha value is -4.80. The fourth-order valence-corrected chi connectivity index (χ4v) is 7.95. The van der Waals surface area contributed by atoms with Gasteiger partial charge in [0.15, 0.2) is 0 Å². The van der Waals surface area contributed by atoms with Gasteiger partial charge in [-0.1, -0.05) is 12.1 Å². The number of likely N-dealkylation sites (tertiary alicyclic amines) is 2. The first kappa shape index (κ1) is 64.5. The molecular weight excluding hydrogens is 1000 g/mol. The SMILES string of the molecule is CC(=O)CCOCCOCCOCCOCCNCCCN1C(=O)CC(SC[C@H](NC(=O)COCC(=O)Nc2ccc(CCC(=O)N3CCC3=O)cc2)C(=O)NCCOCCOCCOCCOCCC(C)=O)C1=O. The highest BCUT2D eigenvalue weighted by Gasteiger charge is 2.39. The van der Waals surface area contributed by atoms with E-state index < -0.39 is 42.2 Å². The molecule has 7 amide bonds. The Kier molecular flexibility index (Phi) is 34.8. The number of nitrogens with zero attached hydrogens (tertiary/aromatic N) is 2. The molecule has 4 N–H and O–H groups in total. The minimum absolute atomic E-state index is 0.0444. The summed E-state index contributed by atoms with van der Waals surface area (Å²) in [6.45, 7) is 9.69. The Morgan fingerprint density at radius 1 is 0.613 bits per heavy atom. The second-order valence-electron chi connectivity index (χ2n) is 17.2. The third-order valence-electron chi connectivity index (χ3n) is 10.9. The number of imide groups is 2. The van der Waals surface area contributed by atoms with Crippen LogP contribution in [0.4, 0.5) is 5.69 Å². The number of thioether (sulfide) groups is 1. The fraction of sp³-hybridized carbons (Fsp3) is 0.700. The average Bonchev–Trinajstić information content (AvgIpc) is 3.64. The van der Waals surface area contributed by atoms with Gasteiger partial charge < -0.3 is 63.9 Å². The molecule has 1 unspecified atom stereocenters. The van der Waals surface area contributed by atoms with Gasteiger partial charge in [-0.25, -0.2) is 0 Å². The van der Waals surface area contributed by atoms with E-state index in [0.717, 1.165) is 17.3 Å². The molecule has 422 valence electrons. The number of aryl methyl sites for hydroxylation is 1. The summed E-state index contributed by atoms with van der Waals surface area (Å²) in [6, 6.07) is 5.70. The van der Waals surface area contributed by atoms with Crippen LogP contribution in [0, 0.1) is 0 Å². The number of hydrogen-bond acceptors (Lipinski definition) is 20. The van der Waals surface area contributed by atoms with E-state index in [9.17, 15) is 43.2 Å². The summed E-state index contributed by atoms with van der Waals surface area (Å²) >= 11 is 1.08. The van der Waals surface area contributed by atoms with Crippen LogP contribution in [-0.4, -0.2) is 231 Å². The zero-order chi connectivity index (χ0) is 54.3. The van der Waals surface area contributed by atoms with Crippen molar-refractivity contribution in [2.45, 2.75) is 70.1 Å². The van der Waals surface area contributed by atoms with Gasteiger partial charge in [0, 0.05) is 69.7 Å². The normalized spacial score (nSPS) is 14.7. The predicted octanol–water partition coefficient (Wildman–Crippen LogP) is -0.134. The number of β-lactam (4-membered cyclic amide) rings is 1. The van der Waals surface area contributed by atoms with Gasteiger partial charge in [-0.3, -0.25) is 53.0 Å². The highest BCUT2D eigenvalue weighted by atomic mass is 32.2. The molecule has 0 radical (unpaired) electrons. The smallest absolute Gasteiger partial charge is 0.250 e. The standard InChI is InChI=1S/C50H78N6O18S/c1-38(57)11-18-66-22-26-70-30-32-72-28-24-68-20-14-51-13-3-16-56-48(63)34-43(50(56)65)75-37-42(49(64)52-15-21-69-25-29-73-33-31-71-27-23-67-19-12-39(2)58)54-45(60)36-74-35-44(59)53-41-7-4-40(5-8-41)6-9-46(61)55-17-10-47(55)62/h4-5,7-8,42-43,51H,3,6,9-37H2,1-2H3,(H,52,64)(H,53,59)(H,54,60)/t42-,43?/m0/s1. The molecule has 0 saturated carbocycles. The van der Waals surface area contributed by atoms with Crippen molar-refractivity contribution in [1.29, 1.82) is 0 Å². The number of benzene rings is 1. The molecule has 75 heavy (non-hydrogen) atoms. The van der Waals surface area contributed by atoms with E-state index in [-0.39, 0.29) is 86.7 Å². The van der Waals surface area contributed by atoms with Gasteiger partial charge in [-0.15, -0.1) is 11.8 Å². The van der Waals surface area contributed by atoms with Gasteiger partial charge in [0.2, 0.25) is 41.4 Å². The van der Waals surface area contributed by atoms with Crippen LogP contribution < -0.4 is 21.3 Å². The molecule has 1 aromatic rings. The molecule has 2 atom stereocenters. The Morgan fingerprint density at radius 2 is 1.13 bits per heavy atom. The summed E-state index contributed by atoms with van der Waals surface area (Å²) in [4.78, 5) is 113. The Bertz CT molecular complexity index is 1900. The molecule has 1 aromatic carbocycles. The van der Waals surface area contributed by atoms with Crippen molar-refractivity contribution in [1.82, 2.24) is 25.8 Å². The van der Waals surface area contributed by atoms with Crippen molar-refractivity contribution < 1.29 is 85.8 Å². The molecule has 2 aliphatic rings. The van der Waals surface area contributed by atoms with E-state index in [0.29, 0.717) is 143 Å². The zero-order valence-corrected chi connectivity index (χ0v) is 44.4. The number of carbonyl (C=O) groups excluding carboxylic acids is 9. The Morgan fingerprint density at radius 3 is 1.65 bits per heavy atom. The van der Waals surface area contributed by atoms with Crippen molar-refractivity contribution in [3.05, 3.63) is 29.8 Å². The van der Waals surface area contributed by atoms with Gasteiger partial charge in [0.05, 0.1) is 111 Å². The number of nitrogens with one attached hydrogen (secondary N) is 4. The van der Waals surface area contributed by atoms with E-state index in [2.05, 4.69) is 21.3 Å². The van der Waals surface area contributed by atoms with Gasteiger partial charge in [0.25, 0.3) is 0 Å². The molecule has 25 heteroatoms. The van der Waals surface area contributed by atoms with Gasteiger partial charge in [0.1, 0.15) is 30.8 Å². The van der Waals surface area contributed by atoms with Crippen molar-refractivity contribution in [2.24, 2.45) is 0 Å². The number of ether oxygens (including phenoxy) is 9. The van der Waals surface area contributed by atoms with Crippen LogP contribution in [0.15, 0.2) is 24.3 Å². The summed E-state index contributed by atoms with van der Waals surface area (Å²) in [5, 5.41) is 10.5. The van der Waals surface area contributed by atoms with Crippen LogP contribution in [0.1, 0.15) is 57.9 Å². The lowest BCUT2D eigenvalue weighted by Gasteiger charge is -2.28. The lowest BCUT2D eigenvalue weighted by Crippen LogP contribution is -2.50. The molecular formula is C50H78N6O18S. The van der Waals surface area contributed by atoms with E-state index >= 15 is 0 Å². The van der Waals surface area contributed by atoms with Crippen LogP contribution >= 0.6 is 11.8 Å². The lowest BCUT2D eigenvalue weighted by atomic mass is 10.1. The third-order valence-corrected chi connectivity index (χ3v) is 12.2. The minimum Gasteiger partial charge on any atom is -0.379 e. The fourth-order valence-electron chi connectivity index (χ4n) is 6.76. The molecule has 0 aliphatic carbocycles. The van der Waals surface area contributed by atoms with Gasteiger partial charge in [-0.2, -0.15) is 0 Å². The van der Waals surface area contributed by atoms with E-state index in [1.807, 2.05) is 0 Å². The molecule has 24 nitrogen and oxygen atoms in total. The number of rotatable bonds is 47. The molecule has 2 heterocycles. The number of ketones is 2. The van der Waals surface area contributed by atoms with Crippen LogP contribution in [0.2, 0.25) is 0 Å². The topological polar surface area (TPSA) is 291 Å². The quantitative estimate of drug-likeness (QED) is 0.0376. The number of hydrogen-bond donors (Lipinski definition) is 4. The van der Waals surface area contributed by atoms with Crippen LogP contribution in [-0.2, 0) is 92.2 Å². The molecule has 0 bridgehead atoms. The van der Waals surface area contributed by atoms with Crippen molar-refractivity contribution in [3.63, 3.8) is 0 Å². The summed E-state index contributed by atoms with van der Waals surface area (Å²) in [7, 11) is 0. The molecule has 2 fully saturated rings. The van der Waals surface area contributed by atoms with E-state index in [1.54, 1.807) is 24.3 Å². The van der Waals surface area contributed by atoms with Crippen molar-refractivity contribution >= 4 is 70.4 Å². The molecule has 0 aromatic heterocycles. The van der Waals surface area contributed by atoms with Crippen molar-refractivity contribution in [3.8, 4) is 0 Å². The maximum absolute atomic E-state index is 13.4. The molecule has 2 aliphatic heterocycles. The van der Waals surface area contributed by atoms with E-state index in [1.165, 1.54) is 23.6 Å². The lowest BCUT2D eigenvalue weighted by molar-refractivity contribution is -0.152. The molecule has 3 rings (SSSR count). The van der Waals surface area contributed by atoms with Gasteiger partial charge >= 0.3 is 0 Å². The maximum atomic E-state index is 13.4. The zero-order valence-electron chi connectivity index (χ0n) is 43.5. The first-order valence-electron chi connectivity index (χ1n) is 25.5. The maximum Gasteiger partial charge on any atom is 0.250 e. The summed E-state index contributed by atoms with van der Waals surface area (Å²) in [5.74, 6) is -2.76. The van der Waals surface area contributed by atoms with Gasteiger partial charge in [-0.05, 0) is 50.9 Å². The highest BCUT2D eigenvalue weighted by Crippen LogP contribution is 2.26. The number of carbonyl (C=O) groups is 9.